The van der Waals surface area contributed by atoms with Gasteiger partial charge in [0.05, 0.1) is 18.2 Å². The third kappa shape index (κ3) is 1.45. The van der Waals surface area contributed by atoms with Crippen LogP contribution >= 0.6 is 0 Å². The van der Waals surface area contributed by atoms with E-state index < -0.39 is 0 Å². The first-order chi connectivity index (χ1) is 7.13. The maximum absolute atomic E-state index is 11.4. The zero-order valence-corrected chi connectivity index (χ0v) is 8.81. The second-order valence-electron chi connectivity index (χ2n) is 3.36. The van der Waals surface area contributed by atoms with Crippen molar-refractivity contribution in [2.75, 3.05) is 7.11 Å². The predicted octanol–water partition coefficient (Wildman–Crippen LogP) is 1.06. The standard InChI is InChI=1S/C10H11N3O2/c1-6-4-9-8(11-12-13(9)2)5-7(6)10(14)15-3/h4-5H,1-3H3. The van der Waals surface area contributed by atoms with Crippen LogP contribution in [0.5, 0.6) is 0 Å². The summed E-state index contributed by atoms with van der Waals surface area (Å²) in [5.41, 5.74) is 2.99. The summed E-state index contributed by atoms with van der Waals surface area (Å²) in [5, 5.41) is 7.82. The highest BCUT2D eigenvalue weighted by Gasteiger charge is 2.12. The van der Waals surface area contributed by atoms with Crippen molar-refractivity contribution >= 4 is 17.0 Å². The van der Waals surface area contributed by atoms with Crippen molar-refractivity contribution in [3.05, 3.63) is 23.3 Å². The van der Waals surface area contributed by atoms with E-state index in [0.717, 1.165) is 11.1 Å². The van der Waals surface area contributed by atoms with E-state index in [2.05, 4.69) is 15.0 Å². The average molecular weight is 205 g/mol. The number of hydrogen-bond donors (Lipinski definition) is 0. The summed E-state index contributed by atoms with van der Waals surface area (Å²) in [6.07, 6.45) is 0. The molecule has 0 N–H and O–H groups in total. The Balaban J connectivity index is 2.68. The molecule has 0 aliphatic carbocycles. The third-order valence-corrected chi connectivity index (χ3v) is 2.36. The SMILES string of the molecule is COC(=O)c1cc2nnn(C)c2cc1C. The second-order valence-corrected chi connectivity index (χ2v) is 3.36. The molecular formula is C10H11N3O2. The van der Waals surface area contributed by atoms with Crippen LogP contribution < -0.4 is 0 Å². The van der Waals surface area contributed by atoms with Crippen LogP contribution in [0, 0.1) is 6.92 Å². The summed E-state index contributed by atoms with van der Waals surface area (Å²) in [7, 11) is 3.18. The smallest absolute Gasteiger partial charge is 0.338 e. The number of nitrogens with zero attached hydrogens (tertiary/aromatic N) is 3. The third-order valence-electron chi connectivity index (χ3n) is 2.36. The minimum atomic E-state index is -0.347. The van der Waals surface area contributed by atoms with Gasteiger partial charge in [-0.3, -0.25) is 0 Å². The van der Waals surface area contributed by atoms with Gasteiger partial charge in [0.15, 0.2) is 0 Å². The van der Waals surface area contributed by atoms with Crippen LogP contribution in [0.4, 0.5) is 0 Å². The van der Waals surface area contributed by atoms with Crippen molar-refractivity contribution in [3.63, 3.8) is 0 Å². The Morgan fingerprint density at radius 2 is 2.20 bits per heavy atom. The highest BCUT2D eigenvalue weighted by atomic mass is 16.5. The molecule has 2 aromatic rings. The Bertz CT molecular complexity index is 531. The molecule has 0 amide bonds. The Labute approximate surface area is 86.6 Å². The van der Waals surface area contributed by atoms with Crippen LogP contribution in [0.3, 0.4) is 0 Å². The van der Waals surface area contributed by atoms with Gasteiger partial charge in [-0.15, -0.1) is 5.10 Å². The minimum absolute atomic E-state index is 0.347. The van der Waals surface area contributed by atoms with Gasteiger partial charge < -0.3 is 4.74 Å². The van der Waals surface area contributed by atoms with Gasteiger partial charge in [0.2, 0.25) is 0 Å². The molecule has 0 aliphatic rings. The molecule has 2 rings (SSSR count). The van der Waals surface area contributed by atoms with E-state index in [4.69, 9.17) is 0 Å². The summed E-state index contributed by atoms with van der Waals surface area (Å²) in [5.74, 6) is -0.347. The van der Waals surface area contributed by atoms with Gasteiger partial charge in [-0.25, -0.2) is 9.48 Å². The minimum Gasteiger partial charge on any atom is -0.465 e. The van der Waals surface area contributed by atoms with Gasteiger partial charge in [-0.2, -0.15) is 0 Å². The molecule has 1 aromatic carbocycles. The van der Waals surface area contributed by atoms with E-state index in [1.54, 1.807) is 10.7 Å². The van der Waals surface area contributed by atoms with Crippen LogP contribution in [-0.4, -0.2) is 28.1 Å². The summed E-state index contributed by atoms with van der Waals surface area (Å²) in [6.45, 7) is 1.86. The number of carbonyl (C=O) groups is 1. The maximum Gasteiger partial charge on any atom is 0.338 e. The van der Waals surface area contributed by atoms with Gasteiger partial charge in [0, 0.05) is 7.05 Å². The number of aromatic nitrogens is 3. The van der Waals surface area contributed by atoms with Crippen LogP contribution in [-0.2, 0) is 11.8 Å². The zero-order chi connectivity index (χ0) is 11.0. The zero-order valence-electron chi connectivity index (χ0n) is 8.81. The topological polar surface area (TPSA) is 57.0 Å². The molecule has 15 heavy (non-hydrogen) atoms. The molecule has 0 fully saturated rings. The first kappa shape index (κ1) is 9.64. The lowest BCUT2D eigenvalue weighted by Gasteiger charge is -2.03. The Morgan fingerprint density at radius 3 is 2.87 bits per heavy atom. The van der Waals surface area contributed by atoms with E-state index in [9.17, 15) is 4.79 Å². The van der Waals surface area contributed by atoms with E-state index in [1.807, 2.05) is 20.0 Å². The van der Waals surface area contributed by atoms with E-state index in [0.29, 0.717) is 11.1 Å². The summed E-state index contributed by atoms with van der Waals surface area (Å²) in [6, 6.07) is 3.57. The highest BCUT2D eigenvalue weighted by Crippen LogP contribution is 2.17. The predicted molar refractivity (Wildman–Crippen MR) is 54.6 cm³/mol. The van der Waals surface area contributed by atoms with Crippen molar-refractivity contribution < 1.29 is 9.53 Å². The molecule has 5 nitrogen and oxygen atoms in total. The van der Waals surface area contributed by atoms with Crippen LogP contribution in [0.2, 0.25) is 0 Å². The average Bonchev–Trinajstić information content (AvgIpc) is 2.58. The monoisotopic (exact) mass is 205 g/mol. The van der Waals surface area contributed by atoms with E-state index in [-0.39, 0.29) is 5.97 Å². The summed E-state index contributed by atoms with van der Waals surface area (Å²) >= 11 is 0. The lowest BCUT2D eigenvalue weighted by atomic mass is 10.1. The molecule has 0 unspecified atom stereocenters. The maximum atomic E-state index is 11.4. The fourth-order valence-electron chi connectivity index (χ4n) is 1.51. The van der Waals surface area contributed by atoms with Crippen molar-refractivity contribution in [3.8, 4) is 0 Å². The van der Waals surface area contributed by atoms with Crippen molar-refractivity contribution in [1.82, 2.24) is 15.0 Å². The lowest BCUT2D eigenvalue weighted by molar-refractivity contribution is 0.0600. The van der Waals surface area contributed by atoms with Crippen LogP contribution in [0.25, 0.3) is 11.0 Å². The van der Waals surface area contributed by atoms with Crippen LogP contribution in [0.1, 0.15) is 15.9 Å². The first-order valence-electron chi connectivity index (χ1n) is 4.52. The molecule has 0 bridgehead atoms. The van der Waals surface area contributed by atoms with Crippen LogP contribution in [0.15, 0.2) is 12.1 Å². The van der Waals surface area contributed by atoms with Gasteiger partial charge in [0.25, 0.3) is 0 Å². The number of aryl methyl sites for hydroxylation is 2. The molecule has 1 heterocycles. The number of fused-ring (bicyclic) bond motifs is 1. The van der Waals surface area contributed by atoms with Crippen molar-refractivity contribution in [1.29, 1.82) is 0 Å². The number of rotatable bonds is 1. The second kappa shape index (κ2) is 3.34. The Hall–Kier alpha value is -1.91. The van der Waals surface area contributed by atoms with Gasteiger partial charge >= 0.3 is 5.97 Å². The van der Waals surface area contributed by atoms with Gasteiger partial charge in [-0.05, 0) is 24.6 Å². The first-order valence-corrected chi connectivity index (χ1v) is 4.52. The number of ether oxygens (including phenoxy) is 1. The highest BCUT2D eigenvalue weighted by molar-refractivity contribution is 5.95. The molecule has 0 atom stereocenters. The molecule has 5 heteroatoms. The number of benzene rings is 1. The number of esters is 1. The van der Waals surface area contributed by atoms with E-state index >= 15 is 0 Å². The number of carbonyl (C=O) groups excluding carboxylic acids is 1. The Morgan fingerprint density at radius 1 is 1.47 bits per heavy atom. The molecule has 0 saturated heterocycles. The molecule has 0 radical (unpaired) electrons. The van der Waals surface area contributed by atoms with Gasteiger partial charge in [0.1, 0.15) is 5.52 Å². The summed E-state index contributed by atoms with van der Waals surface area (Å²) < 4.78 is 6.35. The fraction of sp³-hybridized carbons (Fsp3) is 0.300. The van der Waals surface area contributed by atoms with E-state index in [1.165, 1.54) is 7.11 Å². The molecule has 0 spiro atoms. The molecule has 1 aromatic heterocycles. The molecule has 0 saturated carbocycles. The quantitative estimate of drug-likeness (QED) is 0.653. The van der Waals surface area contributed by atoms with Crippen molar-refractivity contribution in [2.45, 2.75) is 6.92 Å². The largest absolute Gasteiger partial charge is 0.465 e. The van der Waals surface area contributed by atoms with Gasteiger partial charge in [-0.1, -0.05) is 5.21 Å². The number of methoxy groups -OCH3 is 1. The normalized spacial score (nSPS) is 10.6. The molecule has 78 valence electrons. The fourth-order valence-corrected chi connectivity index (χ4v) is 1.51. The van der Waals surface area contributed by atoms with Crippen molar-refractivity contribution in [2.24, 2.45) is 7.05 Å². The molecule has 0 aliphatic heterocycles. The molecular weight excluding hydrogens is 194 g/mol. The summed E-state index contributed by atoms with van der Waals surface area (Å²) in [4.78, 5) is 11.4. The lowest BCUT2D eigenvalue weighted by Crippen LogP contribution is -2.03. The Kier molecular flexibility index (Phi) is 2.15. The number of hydrogen-bond acceptors (Lipinski definition) is 4.